The maximum atomic E-state index is 13.3. The van der Waals surface area contributed by atoms with E-state index in [1.165, 1.54) is 29.6 Å². The van der Waals surface area contributed by atoms with E-state index in [4.69, 9.17) is 4.74 Å². The van der Waals surface area contributed by atoms with Gasteiger partial charge in [-0.05, 0) is 74.6 Å². The Morgan fingerprint density at radius 2 is 1.71 bits per heavy atom. The van der Waals surface area contributed by atoms with E-state index in [2.05, 4.69) is 28.1 Å². The monoisotopic (exact) mass is 568 g/mol. The van der Waals surface area contributed by atoms with Crippen molar-refractivity contribution in [2.75, 3.05) is 33.3 Å². The number of aryl methyl sites for hydroxylation is 3. The van der Waals surface area contributed by atoms with E-state index in [0.29, 0.717) is 13.1 Å². The lowest BCUT2D eigenvalue weighted by atomic mass is 9.97. The molecule has 10 heteroatoms. The Balaban J connectivity index is 0.000000417. The molecule has 9 nitrogen and oxygen atoms in total. The Morgan fingerprint density at radius 3 is 2.37 bits per heavy atom. The minimum Gasteiger partial charge on any atom is -0.489 e. The number of rotatable bonds is 2. The largest absolute Gasteiger partial charge is 0.489 e. The average Bonchev–Trinajstić information content (AvgIpc) is 3.81. The summed E-state index contributed by atoms with van der Waals surface area (Å²) in [6.07, 6.45) is 5.16. The second kappa shape index (κ2) is 14.4. The smallest absolute Gasteiger partial charge is 0.245 e. The number of hydrogen-bond donors (Lipinski definition) is 4. The summed E-state index contributed by atoms with van der Waals surface area (Å²) in [7, 11) is 1.53. The number of nitrogens with one attached hydrogen (secondary N) is 3. The van der Waals surface area contributed by atoms with Crippen molar-refractivity contribution >= 4 is 17.7 Å². The molecule has 0 saturated heterocycles. The van der Waals surface area contributed by atoms with Gasteiger partial charge in [0, 0.05) is 20.1 Å². The number of halogens is 1. The standard InChI is InChI=1S/C24H34N4O5.C7H7F/c1-28-19(14-29)23(31)27-13-20(30)25-11-3-6-16-4-2-5-17-9-10-18(33-22(16)17)12-26-21(24(28)32)15-7-8-15;1-6-2-4-7(8)5-3-6/h2,4-5,15,18-19,21,26,29H,3,6-14H2,1H3,(H,25,30)(H,27,31);2-5H,1H3. The molecule has 1 aliphatic carbocycles. The molecular formula is C31H41FN4O5. The van der Waals surface area contributed by atoms with Crippen LogP contribution in [0.3, 0.4) is 0 Å². The summed E-state index contributed by atoms with van der Waals surface area (Å²) in [5.41, 5.74) is 3.41. The van der Waals surface area contributed by atoms with E-state index >= 15 is 0 Å². The fourth-order valence-electron chi connectivity index (χ4n) is 5.15. The van der Waals surface area contributed by atoms with Gasteiger partial charge >= 0.3 is 0 Å². The number of nitrogens with zero attached hydrogens (tertiary/aromatic N) is 1. The molecule has 3 atom stereocenters. The van der Waals surface area contributed by atoms with Crippen molar-refractivity contribution in [3.8, 4) is 5.75 Å². The van der Waals surface area contributed by atoms with E-state index in [-0.39, 0.29) is 36.2 Å². The van der Waals surface area contributed by atoms with Gasteiger partial charge in [-0.1, -0.05) is 35.9 Å². The van der Waals surface area contributed by atoms with Gasteiger partial charge in [0.25, 0.3) is 0 Å². The molecule has 1 saturated carbocycles. The summed E-state index contributed by atoms with van der Waals surface area (Å²) in [6, 6.07) is 11.1. The summed E-state index contributed by atoms with van der Waals surface area (Å²) in [6.45, 7) is 2.24. The van der Waals surface area contributed by atoms with Gasteiger partial charge in [-0.2, -0.15) is 0 Å². The molecule has 0 aromatic heterocycles. The number of carbonyl (C=O) groups is 3. The first-order valence-electron chi connectivity index (χ1n) is 14.4. The molecule has 3 amide bonds. The minimum absolute atomic E-state index is 0.0477. The number of aliphatic hydroxyl groups excluding tert-OH is 1. The van der Waals surface area contributed by atoms with Gasteiger partial charge in [-0.25, -0.2) is 4.39 Å². The first-order valence-corrected chi connectivity index (χ1v) is 14.4. The van der Waals surface area contributed by atoms with E-state index in [9.17, 15) is 23.9 Å². The van der Waals surface area contributed by atoms with Crippen LogP contribution in [0.5, 0.6) is 5.75 Å². The predicted molar refractivity (Wildman–Crippen MR) is 153 cm³/mol. The molecule has 41 heavy (non-hydrogen) atoms. The van der Waals surface area contributed by atoms with E-state index in [1.54, 1.807) is 12.1 Å². The van der Waals surface area contributed by atoms with Crippen LogP contribution in [0.15, 0.2) is 42.5 Å². The zero-order valence-corrected chi connectivity index (χ0v) is 23.8. The topological polar surface area (TPSA) is 120 Å². The first kappa shape index (κ1) is 30.5. The van der Waals surface area contributed by atoms with Crippen LogP contribution in [0.25, 0.3) is 0 Å². The first-order chi connectivity index (χ1) is 19.8. The molecule has 2 aromatic rings. The number of benzene rings is 2. The molecular weight excluding hydrogens is 527 g/mol. The van der Waals surface area contributed by atoms with Gasteiger partial charge < -0.3 is 30.7 Å². The molecule has 5 rings (SSSR count). The number of aliphatic hydroxyl groups is 1. The third-order valence-electron chi connectivity index (χ3n) is 7.79. The fraction of sp³-hybridized carbons (Fsp3) is 0.516. The summed E-state index contributed by atoms with van der Waals surface area (Å²) in [5.74, 6) is -0.104. The van der Waals surface area contributed by atoms with Gasteiger partial charge in [0.05, 0.1) is 19.2 Å². The Kier molecular flexibility index (Phi) is 10.7. The molecule has 0 spiro atoms. The number of hydrogen-bond acceptors (Lipinski definition) is 6. The fourth-order valence-corrected chi connectivity index (χ4v) is 5.15. The van der Waals surface area contributed by atoms with Gasteiger partial charge in [0.2, 0.25) is 17.7 Å². The van der Waals surface area contributed by atoms with Crippen LogP contribution in [-0.4, -0.2) is 79.2 Å². The van der Waals surface area contributed by atoms with E-state index in [1.807, 2.05) is 13.0 Å². The summed E-state index contributed by atoms with van der Waals surface area (Å²) < 4.78 is 18.5. The van der Waals surface area contributed by atoms with E-state index in [0.717, 1.165) is 55.4 Å². The minimum atomic E-state index is -1.05. The Hall–Kier alpha value is -3.50. The highest BCUT2D eigenvalue weighted by Gasteiger charge is 2.40. The lowest BCUT2D eigenvalue weighted by molar-refractivity contribution is -0.142. The van der Waals surface area contributed by atoms with Crippen molar-refractivity contribution in [1.82, 2.24) is 20.9 Å². The van der Waals surface area contributed by atoms with Crippen LogP contribution in [0.2, 0.25) is 0 Å². The van der Waals surface area contributed by atoms with Gasteiger partial charge in [0.1, 0.15) is 23.7 Å². The Morgan fingerprint density at radius 1 is 1.00 bits per heavy atom. The van der Waals surface area contributed by atoms with Crippen molar-refractivity contribution in [2.45, 2.75) is 63.6 Å². The zero-order valence-electron chi connectivity index (χ0n) is 23.8. The zero-order chi connectivity index (χ0) is 29.4. The molecule has 2 aliphatic heterocycles. The number of ether oxygens (including phenoxy) is 1. The molecule has 3 aliphatic rings. The summed E-state index contributed by atoms with van der Waals surface area (Å²) >= 11 is 0. The number of likely N-dealkylation sites (N-methyl/N-ethyl adjacent to an activating group) is 1. The van der Waals surface area contributed by atoms with Crippen LogP contribution < -0.4 is 20.7 Å². The predicted octanol–water partition coefficient (Wildman–Crippen LogP) is 1.88. The maximum Gasteiger partial charge on any atom is 0.245 e. The molecule has 3 unspecified atom stereocenters. The van der Waals surface area contributed by atoms with Crippen molar-refractivity contribution in [3.05, 3.63) is 65.0 Å². The SMILES string of the molecule is CN1C(=O)C(C2CC2)NCC2CCc3cccc(c3O2)CCCNC(=O)CNC(=O)C1CO.Cc1ccc(F)cc1. The van der Waals surface area contributed by atoms with Gasteiger partial charge in [0.15, 0.2) is 0 Å². The summed E-state index contributed by atoms with van der Waals surface area (Å²) in [4.78, 5) is 39.3. The second-order valence-corrected chi connectivity index (χ2v) is 11.0. The van der Waals surface area contributed by atoms with Crippen LogP contribution >= 0.6 is 0 Å². The number of carbonyl (C=O) groups excluding carboxylic acids is 3. The molecule has 1 fully saturated rings. The highest BCUT2D eigenvalue weighted by Crippen LogP contribution is 2.35. The Labute approximate surface area is 240 Å². The van der Waals surface area contributed by atoms with Gasteiger partial charge in [-0.15, -0.1) is 0 Å². The average molecular weight is 569 g/mol. The van der Waals surface area contributed by atoms with Crippen LogP contribution in [0.4, 0.5) is 4.39 Å². The number of para-hydroxylation sites is 1. The highest BCUT2D eigenvalue weighted by atomic mass is 19.1. The molecule has 4 N–H and O–H groups in total. The maximum absolute atomic E-state index is 13.3. The molecule has 2 heterocycles. The second-order valence-electron chi connectivity index (χ2n) is 11.0. The van der Waals surface area contributed by atoms with Crippen molar-refractivity contribution in [2.24, 2.45) is 5.92 Å². The highest BCUT2D eigenvalue weighted by molar-refractivity contribution is 5.92. The number of amides is 3. The van der Waals surface area contributed by atoms with Crippen LogP contribution in [0.1, 0.15) is 42.4 Å². The van der Waals surface area contributed by atoms with Crippen molar-refractivity contribution < 1.29 is 28.6 Å². The normalized spacial score (nSPS) is 24.0. The molecule has 222 valence electrons. The van der Waals surface area contributed by atoms with Crippen LogP contribution in [-0.2, 0) is 27.2 Å². The molecule has 2 aromatic carbocycles. The third-order valence-corrected chi connectivity index (χ3v) is 7.79. The summed E-state index contributed by atoms with van der Waals surface area (Å²) in [5, 5.41) is 18.5. The van der Waals surface area contributed by atoms with Gasteiger partial charge in [-0.3, -0.25) is 14.4 Å². The van der Waals surface area contributed by atoms with Crippen molar-refractivity contribution in [3.63, 3.8) is 0 Å². The molecule has 0 radical (unpaired) electrons. The van der Waals surface area contributed by atoms with Crippen LogP contribution in [0, 0.1) is 18.7 Å². The third kappa shape index (κ3) is 8.50. The quantitative estimate of drug-likeness (QED) is 0.439. The molecule has 2 bridgehead atoms. The Bertz CT molecular complexity index is 1180. The van der Waals surface area contributed by atoms with Crippen molar-refractivity contribution in [1.29, 1.82) is 0 Å². The number of fused-ring (bicyclic) bond motifs is 1. The van der Waals surface area contributed by atoms with E-state index < -0.39 is 24.6 Å². The lowest BCUT2D eigenvalue weighted by Crippen LogP contribution is -2.57. The lowest BCUT2D eigenvalue weighted by Gasteiger charge is -2.32.